The molecular formula is C17H23N3O2S. The van der Waals surface area contributed by atoms with Gasteiger partial charge in [-0.3, -0.25) is 4.98 Å². The lowest BCUT2D eigenvalue weighted by atomic mass is 10.1. The van der Waals surface area contributed by atoms with Crippen molar-refractivity contribution in [3.63, 3.8) is 0 Å². The van der Waals surface area contributed by atoms with Gasteiger partial charge in [0.1, 0.15) is 0 Å². The summed E-state index contributed by atoms with van der Waals surface area (Å²) in [4.78, 5) is 4.38. The minimum atomic E-state index is -3.55. The fourth-order valence-corrected chi connectivity index (χ4v) is 3.87. The highest BCUT2D eigenvalue weighted by molar-refractivity contribution is 7.89. The van der Waals surface area contributed by atoms with Crippen molar-refractivity contribution in [3.8, 4) is 0 Å². The Bertz CT molecular complexity index is 738. The third-order valence-electron chi connectivity index (χ3n) is 3.07. The van der Waals surface area contributed by atoms with Gasteiger partial charge >= 0.3 is 0 Å². The number of nitrogens with one attached hydrogen (secondary N) is 2. The normalized spacial score (nSPS) is 12.3. The topological polar surface area (TPSA) is 71.1 Å². The van der Waals surface area contributed by atoms with Gasteiger partial charge in [-0.15, -0.1) is 0 Å². The second-order valence-electron chi connectivity index (χ2n) is 6.43. The molecule has 5 nitrogen and oxygen atoms in total. The van der Waals surface area contributed by atoms with Gasteiger partial charge in [0.2, 0.25) is 10.0 Å². The van der Waals surface area contributed by atoms with Crippen molar-refractivity contribution in [1.82, 2.24) is 15.0 Å². The van der Waals surface area contributed by atoms with Crippen molar-refractivity contribution < 1.29 is 8.42 Å². The zero-order valence-corrected chi connectivity index (χ0v) is 14.5. The summed E-state index contributed by atoms with van der Waals surface area (Å²) in [7, 11) is -3.55. The lowest BCUT2D eigenvalue weighted by Gasteiger charge is -2.21. The summed E-state index contributed by atoms with van der Waals surface area (Å²) < 4.78 is 27.8. The SMILES string of the molecule is CC(C)(C)NS(=O)(=O)c1ccccc1CNCc1cccnc1. The molecule has 0 amide bonds. The standard InChI is InChI=1S/C17H23N3O2S/c1-17(2,3)20-23(21,22)16-9-5-4-8-15(16)13-19-12-14-7-6-10-18-11-14/h4-11,19-20H,12-13H2,1-3H3. The van der Waals surface area contributed by atoms with Crippen LogP contribution in [-0.2, 0) is 23.1 Å². The van der Waals surface area contributed by atoms with Crippen LogP contribution < -0.4 is 10.0 Å². The summed E-state index contributed by atoms with van der Waals surface area (Å²) in [5.74, 6) is 0. The van der Waals surface area contributed by atoms with Crippen LogP contribution in [0.25, 0.3) is 0 Å². The zero-order chi connectivity index (χ0) is 16.9. The fourth-order valence-electron chi connectivity index (χ4n) is 2.21. The first-order valence-electron chi connectivity index (χ1n) is 7.49. The summed E-state index contributed by atoms with van der Waals surface area (Å²) in [6.07, 6.45) is 3.51. The highest BCUT2D eigenvalue weighted by Crippen LogP contribution is 2.17. The second-order valence-corrected chi connectivity index (χ2v) is 8.08. The number of benzene rings is 1. The van der Waals surface area contributed by atoms with Gasteiger partial charge in [0.15, 0.2) is 0 Å². The molecule has 1 aromatic heterocycles. The molecular weight excluding hydrogens is 310 g/mol. The molecule has 1 heterocycles. The molecule has 2 N–H and O–H groups in total. The molecule has 0 aliphatic carbocycles. The average Bonchev–Trinajstić information content (AvgIpc) is 2.46. The summed E-state index contributed by atoms with van der Waals surface area (Å²) in [6, 6.07) is 10.9. The molecule has 0 spiro atoms. The number of sulfonamides is 1. The van der Waals surface area contributed by atoms with Crippen LogP contribution in [0.3, 0.4) is 0 Å². The van der Waals surface area contributed by atoms with E-state index >= 15 is 0 Å². The van der Waals surface area contributed by atoms with Crippen LogP contribution in [0.1, 0.15) is 31.9 Å². The molecule has 0 bridgehead atoms. The van der Waals surface area contributed by atoms with Crippen LogP contribution in [0.2, 0.25) is 0 Å². The van der Waals surface area contributed by atoms with Gasteiger partial charge in [0, 0.05) is 31.0 Å². The van der Waals surface area contributed by atoms with Crippen LogP contribution in [0.5, 0.6) is 0 Å². The van der Waals surface area contributed by atoms with E-state index in [4.69, 9.17) is 0 Å². The predicted molar refractivity (Wildman–Crippen MR) is 91.3 cm³/mol. The van der Waals surface area contributed by atoms with Gasteiger partial charge in [-0.25, -0.2) is 13.1 Å². The Kier molecular flexibility index (Phi) is 5.51. The third-order valence-corrected chi connectivity index (χ3v) is 4.93. The number of nitrogens with zero attached hydrogens (tertiary/aromatic N) is 1. The number of hydrogen-bond donors (Lipinski definition) is 2. The predicted octanol–water partition coefficient (Wildman–Crippen LogP) is 2.45. The molecule has 124 valence electrons. The van der Waals surface area contributed by atoms with Crippen LogP contribution in [-0.4, -0.2) is 18.9 Å². The van der Waals surface area contributed by atoms with E-state index in [2.05, 4.69) is 15.0 Å². The van der Waals surface area contributed by atoms with Crippen molar-refractivity contribution >= 4 is 10.0 Å². The maximum Gasteiger partial charge on any atom is 0.241 e. The molecule has 2 aromatic rings. The second kappa shape index (κ2) is 7.21. The highest BCUT2D eigenvalue weighted by Gasteiger charge is 2.23. The number of hydrogen-bond acceptors (Lipinski definition) is 4. The smallest absolute Gasteiger partial charge is 0.241 e. The number of aromatic nitrogens is 1. The first-order valence-corrected chi connectivity index (χ1v) is 8.98. The molecule has 0 radical (unpaired) electrons. The molecule has 2 rings (SSSR count). The summed E-state index contributed by atoms with van der Waals surface area (Å²) >= 11 is 0. The molecule has 23 heavy (non-hydrogen) atoms. The molecule has 6 heteroatoms. The van der Waals surface area contributed by atoms with E-state index in [-0.39, 0.29) is 0 Å². The minimum Gasteiger partial charge on any atom is -0.309 e. The molecule has 0 fully saturated rings. The van der Waals surface area contributed by atoms with Crippen molar-refractivity contribution in [3.05, 3.63) is 59.9 Å². The van der Waals surface area contributed by atoms with Gasteiger partial charge in [-0.2, -0.15) is 0 Å². The van der Waals surface area contributed by atoms with E-state index in [1.165, 1.54) is 0 Å². The Morgan fingerprint density at radius 1 is 1.04 bits per heavy atom. The van der Waals surface area contributed by atoms with E-state index < -0.39 is 15.6 Å². The Morgan fingerprint density at radius 2 is 1.78 bits per heavy atom. The van der Waals surface area contributed by atoms with Crippen molar-refractivity contribution in [1.29, 1.82) is 0 Å². The molecule has 0 saturated carbocycles. The largest absolute Gasteiger partial charge is 0.309 e. The van der Waals surface area contributed by atoms with E-state index in [1.54, 1.807) is 24.5 Å². The molecule has 0 aliphatic rings. The van der Waals surface area contributed by atoms with Crippen LogP contribution in [0, 0.1) is 0 Å². The van der Waals surface area contributed by atoms with Gasteiger partial charge in [0.25, 0.3) is 0 Å². The molecule has 0 saturated heterocycles. The Balaban J connectivity index is 2.11. The Hall–Kier alpha value is -1.76. The number of pyridine rings is 1. The van der Waals surface area contributed by atoms with Crippen LogP contribution in [0.15, 0.2) is 53.7 Å². The molecule has 1 aromatic carbocycles. The maximum atomic E-state index is 12.6. The monoisotopic (exact) mass is 333 g/mol. The lowest BCUT2D eigenvalue weighted by Crippen LogP contribution is -2.40. The Labute approximate surface area is 138 Å². The van der Waals surface area contributed by atoms with E-state index in [0.29, 0.717) is 18.0 Å². The maximum absolute atomic E-state index is 12.6. The summed E-state index contributed by atoms with van der Waals surface area (Å²) in [6.45, 7) is 6.58. The third kappa shape index (κ3) is 5.42. The summed E-state index contributed by atoms with van der Waals surface area (Å²) in [5.41, 5.74) is 1.28. The van der Waals surface area contributed by atoms with E-state index in [1.807, 2.05) is 45.0 Å². The number of rotatable bonds is 6. The Morgan fingerprint density at radius 3 is 2.43 bits per heavy atom. The first-order chi connectivity index (χ1) is 10.8. The van der Waals surface area contributed by atoms with Crippen molar-refractivity contribution in [2.45, 2.75) is 44.3 Å². The van der Waals surface area contributed by atoms with E-state index in [9.17, 15) is 8.42 Å². The summed E-state index contributed by atoms with van der Waals surface area (Å²) in [5, 5.41) is 3.26. The van der Waals surface area contributed by atoms with Crippen LogP contribution in [0.4, 0.5) is 0 Å². The lowest BCUT2D eigenvalue weighted by molar-refractivity contribution is 0.490. The highest BCUT2D eigenvalue weighted by atomic mass is 32.2. The minimum absolute atomic E-state index is 0.314. The molecule has 0 unspecified atom stereocenters. The van der Waals surface area contributed by atoms with Gasteiger partial charge in [0.05, 0.1) is 4.90 Å². The van der Waals surface area contributed by atoms with Gasteiger partial charge in [-0.05, 0) is 44.0 Å². The zero-order valence-electron chi connectivity index (χ0n) is 13.7. The fraction of sp³-hybridized carbons (Fsp3) is 0.353. The van der Waals surface area contributed by atoms with Crippen LogP contribution >= 0.6 is 0 Å². The quantitative estimate of drug-likeness (QED) is 0.852. The van der Waals surface area contributed by atoms with E-state index in [0.717, 1.165) is 11.1 Å². The van der Waals surface area contributed by atoms with Gasteiger partial charge < -0.3 is 5.32 Å². The van der Waals surface area contributed by atoms with Gasteiger partial charge in [-0.1, -0.05) is 24.3 Å². The van der Waals surface area contributed by atoms with Crippen molar-refractivity contribution in [2.75, 3.05) is 0 Å². The molecule has 0 aliphatic heterocycles. The first kappa shape index (κ1) is 17.6. The average molecular weight is 333 g/mol. The molecule has 0 atom stereocenters. The van der Waals surface area contributed by atoms with Crippen molar-refractivity contribution in [2.24, 2.45) is 0 Å².